The van der Waals surface area contributed by atoms with Gasteiger partial charge in [0.1, 0.15) is 17.3 Å². The van der Waals surface area contributed by atoms with Crippen molar-refractivity contribution in [2.45, 2.75) is 33.9 Å². The number of alkyl halides is 3. The van der Waals surface area contributed by atoms with E-state index in [9.17, 15) is 30.7 Å². The van der Waals surface area contributed by atoms with Gasteiger partial charge in [-0.1, -0.05) is 23.9 Å². The normalized spacial score (nSPS) is 10.9. The van der Waals surface area contributed by atoms with Gasteiger partial charge in [-0.2, -0.15) is 37.4 Å². The van der Waals surface area contributed by atoms with E-state index in [1.165, 1.54) is 66.9 Å². The Kier molecular flexibility index (Phi) is 13.6. The van der Waals surface area contributed by atoms with E-state index in [4.69, 9.17) is 0 Å². The molecule has 7 nitrogen and oxygen atoms in total. The van der Waals surface area contributed by atoms with Gasteiger partial charge in [0.2, 0.25) is 0 Å². The first-order valence-electron chi connectivity index (χ1n) is 17.1. The van der Waals surface area contributed by atoms with E-state index in [1.54, 1.807) is 60.7 Å². The molecule has 4 heterocycles. The minimum Gasteiger partial charge on any atom is -0.573 e. The van der Waals surface area contributed by atoms with E-state index in [0.717, 1.165) is 28.8 Å². The first-order valence-corrected chi connectivity index (χ1v) is 17.1. The van der Waals surface area contributed by atoms with Crippen molar-refractivity contribution in [2.75, 3.05) is 0 Å². The van der Waals surface area contributed by atoms with Crippen molar-refractivity contribution in [1.82, 2.24) is 24.3 Å². The fraction of sp³-hybridized carbons (Fsp3) is 0.116. The predicted molar refractivity (Wildman–Crippen MR) is 195 cm³/mol. The Morgan fingerprint density at radius 1 is 0.603 bits per heavy atom. The predicted octanol–water partition coefficient (Wildman–Crippen LogP) is 8.62. The van der Waals surface area contributed by atoms with Gasteiger partial charge in [-0.3, -0.25) is 14.1 Å². The molecule has 0 aliphatic heterocycles. The van der Waals surface area contributed by atoms with E-state index < -0.39 is 11.9 Å². The summed E-state index contributed by atoms with van der Waals surface area (Å²) in [5.74, 6) is -1.29. The van der Waals surface area contributed by atoms with Crippen LogP contribution in [-0.2, 0) is 26.3 Å². The number of benzene rings is 4. The zero-order valence-electron chi connectivity index (χ0n) is 31.1. The molecule has 0 fully saturated rings. The van der Waals surface area contributed by atoms with E-state index in [0.29, 0.717) is 28.4 Å². The summed E-state index contributed by atoms with van der Waals surface area (Å²) in [4.78, 5) is 3.87. The summed E-state index contributed by atoms with van der Waals surface area (Å²) in [7, 11) is 0. The fourth-order valence-corrected chi connectivity index (χ4v) is 5.53. The van der Waals surface area contributed by atoms with Crippen molar-refractivity contribution in [1.29, 1.82) is 0 Å². The summed E-state index contributed by atoms with van der Waals surface area (Å²) in [5.41, 5.74) is 5.55. The van der Waals surface area contributed by atoms with Crippen LogP contribution in [-0.4, -0.2) is 19.2 Å². The Morgan fingerprint density at radius 3 is 1.48 bits per heavy atom. The zero-order valence-corrected chi connectivity index (χ0v) is 33.5. The van der Waals surface area contributed by atoms with Crippen LogP contribution in [0.2, 0.25) is 0 Å². The van der Waals surface area contributed by atoms with Gasteiger partial charge in [0.25, 0.3) is 12.7 Å². The monoisotopic (exact) mass is 971 g/mol. The SMILES string of the molecule is Cc1c(C)[n+](-c2cccc(F)c2)[c-]n1-c1[c-]ccc(F)c1.Cc1c(C)[n+](-c2cccc(F)c2)[c-]n1-c1[c-]ccc(F)c1.FC(F)(F)c1cc(-c2ccccn2)[n-]n1.[Ir]. The molecule has 0 atom stereocenters. The zero-order chi connectivity index (χ0) is 40.9. The standard InChI is InChI=1S/2C17H13F2N2.C9H5F3N3.Ir/c2*1-12-13(2)21(17-8-4-6-15(19)10-17)11-20(12)16-7-3-5-14(18)9-16;10-9(11,12)8-5-7(14-15-8)6-3-1-2-4-13-6;/h2*3-7,9-10H,1-2H3;1-5H;/q3*-1;. The number of hydrogen-bond acceptors (Lipinski definition) is 2. The van der Waals surface area contributed by atoms with Crippen molar-refractivity contribution >= 4 is 0 Å². The van der Waals surface area contributed by atoms with Gasteiger partial charge in [-0.25, -0.2) is 17.6 Å². The molecule has 1 radical (unpaired) electrons. The number of hydrogen-bond donors (Lipinski definition) is 0. The van der Waals surface area contributed by atoms with Crippen molar-refractivity contribution in [3.05, 3.63) is 192 Å². The van der Waals surface area contributed by atoms with Crippen molar-refractivity contribution in [2.24, 2.45) is 0 Å². The molecule has 0 N–H and O–H groups in total. The molecule has 299 valence electrons. The van der Waals surface area contributed by atoms with Crippen LogP contribution in [0.25, 0.3) is 34.1 Å². The van der Waals surface area contributed by atoms with Crippen molar-refractivity contribution < 1.29 is 60.0 Å². The molecule has 0 aliphatic carbocycles. The second-order valence-electron chi connectivity index (χ2n) is 12.5. The second-order valence-corrected chi connectivity index (χ2v) is 12.5. The Balaban J connectivity index is 0.000000167. The average Bonchev–Trinajstić information content (AvgIpc) is 3.89. The molecule has 0 amide bonds. The minimum absolute atomic E-state index is 0. The van der Waals surface area contributed by atoms with Gasteiger partial charge < -0.3 is 19.3 Å². The number of halogens is 7. The molecule has 58 heavy (non-hydrogen) atoms. The maximum absolute atomic E-state index is 13.4. The molecule has 4 aromatic heterocycles. The van der Waals surface area contributed by atoms with Crippen LogP contribution in [0, 0.1) is 75.8 Å². The summed E-state index contributed by atoms with van der Waals surface area (Å²) in [6.45, 7) is 7.62. The molecule has 0 bridgehead atoms. The fourth-order valence-electron chi connectivity index (χ4n) is 5.53. The smallest absolute Gasteiger partial charge is 0.431 e. The third-order valence-electron chi connectivity index (χ3n) is 8.66. The van der Waals surface area contributed by atoms with Crippen LogP contribution in [0.5, 0.6) is 0 Å². The van der Waals surface area contributed by atoms with Gasteiger partial charge >= 0.3 is 6.18 Å². The second kappa shape index (κ2) is 18.4. The molecule has 4 aromatic carbocycles. The molecule has 8 aromatic rings. The number of rotatable bonds is 5. The van der Waals surface area contributed by atoms with Crippen LogP contribution >= 0.6 is 0 Å². The molecule has 0 saturated heterocycles. The van der Waals surface area contributed by atoms with Gasteiger partial charge in [0.05, 0.1) is 22.8 Å². The van der Waals surface area contributed by atoms with Gasteiger partial charge in [-0.05, 0) is 93.7 Å². The molecule has 0 saturated carbocycles. The van der Waals surface area contributed by atoms with Crippen LogP contribution in [0.1, 0.15) is 28.5 Å². The summed E-state index contributed by atoms with van der Waals surface area (Å²) < 4.78 is 97.0. The summed E-state index contributed by atoms with van der Waals surface area (Å²) in [6, 6.07) is 32.8. The molecule has 0 unspecified atom stereocenters. The Hall–Kier alpha value is -6.18. The maximum Gasteiger partial charge on any atom is 0.431 e. The minimum atomic E-state index is -4.46. The van der Waals surface area contributed by atoms with Crippen LogP contribution in [0.15, 0.2) is 115 Å². The van der Waals surface area contributed by atoms with Crippen molar-refractivity contribution in [3.63, 3.8) is 0 Å². The van der Waals surface area contributed by atoms with Gasteiger partial charge in [0, 0.05) is 55.0 Å². The Morgan fingerprint density at radius 2 is 1.09 bits per heavy atom. The molecular weight excluding hydrogens is 940 g/mol. The van der Waals surface area contributed by atoms with Gasteiger partial charge in [0.15, 0.2) is 0 Å². The van der Waals surface area contributed by atoms with E-state index in [2.05, 4.69) is 40.0 Å². The summed E-state index contributed by atoms with van der Waals surface area (Å²) in [6.07, 6.45) is 3.24. The average molecular weight is 971 g/mol. The summed E-state index contributed by atoms with van der Waals surface area (Å²) in [5, 5.41) is 6.47. The molecule has 15 heteroatoms. The topological polar surface area (TPSA) is 57.5 Å². The van der Waals surface area contributed by atoms with E-state index in [1.807, 2.05) is 27.7 Å². The van der Waals surface area contributed by atoms with Crippen LogP contribution in [0.3, 0.4) is 0 Å². The largest absolute Gasteiger partial charge is 0.573 e. The van der Waals surface area contributed by atoms with Crippen LogP contribution < -0.4 is 14.2 Å². The molecular formula is C43H31F7IrN7-3. The van der Waals surface area contributed by atoms with Crippen LogP contribution in [0.4, 0.5) is 30.7 Å². The van der Waals surface area contributed by atoms with E-state index in [-0.39, 0.29) is 49.1 Å². The first-order chi connectivity index (χ1) is 27.2. The Bertz CT molecular complexity index is 2360. The number of nitrogens with zero attached hydrogens (tertiary/aromatic N) is 7. The molecule has 0 aliphatic rings. The number of imidazole rings is 2. The maximum atomic E-state index is 13.4. The number of aromatic nitrogens is 7. The van der Waals surface area contributed by atoms with E-state index >= 15 is 0 Å². The quantitative estimate of drug-likeness (QED) is 0.0988. The Labute approximate surface area is 343 Å². The molecule has 0 spiro atoms. The first kappa shape index (κ1) is 43.0. The third kappa shape index (κ3) is 10.0. The molecule has 8 rings (SSSR count). The number of pyridine rings is 1. The van der Waals surface area contributed by atoms with Gasteiger partial charge in [-0.15, -0.1) is 24.3 Å². The summed E-state index contributed by atoms with van der Waals surface area (Å²) >= 11 is 0. The third-order valence-corrected chi connectivity index (χ3v) is 8.66. The van der Waals surface area contributed by atoms with Crippen molar-refractivity contribution in [3.8, 4) is 34.1 Å².